The second kappa shape index (κ2) is 8.70. The first kappa shape index (κ1) is 21.4. The molecule has 1 aromatic carbocycles. The van der Waals surface area contributed by atoms with Crippen molar-refractivity contribution < 1.29 is 0 Å². The zero-order chi connectivity index (χ0) is 21.4. The first-order valence-corrected chi connectivity index (χ1v) is 11.9. The Morgan fingerprint density at radius 2 is 2.00 bits per heavy atom. The fourth-order valence-corrected chi connectivity index (χ4v) is 5.33. The van der Waals surface area contributed by atoms with E-state index >= 15 is 0 Å². The van der Waals surface area contributed by atoms with E-state index in [9.17, 15) is 4.79 Å². The van der Waals surface area contributed by atoms with Crippen molar-refractivity contribution in [2.45, 2.75) is 38.2 Å². The molecule has 0 saturated heterocycles. The van der Waals surface area contributed by atoms with Crippen LogP contribution in [0.25, 0.3) is 16.3 Å². The highest BCUT2D eigenvalue weighted by molar-refractivity contribution is 7.98. The summed E-state index contributed by atoms with van der Waals surface area (Å²) in [5, 5.41) is 12.6. The number of halogens is 2. The van der Waals surface area contributed by atoms with Crippen LogP contribution in [-0.2, 0) is 12.3 Å². The highest BCUT2D eigenvalue weighted by Gasteiger charge is 2.18. The van der Waals surface area contributed by atoms with Gasteiger partial charge in [0, 0.05) is 40.0 Å². The SMILES string of the molecule is Cc1csc2nc(CSc3nnc(-c4ccc(Cl)cc4Cl)n3CC(C)C)cc(=O)n12. The van der Waals surface area contributed by atoms with Gasteiger partial charge in [-0.3, -0.25) is 9.20 Å². The molecular formula is C20H19Cl2N5OS2. The van der Waals surface area contributed by atoms with Gasteiger partial charge in [0.1, 0.15) is 0 Å². The van der Waals surface area contributed by atoms with Crippen molar-refractivity contribution >= 4 is 51.3 Å². The van der Waals surface area contributed by atoms with Gasteiger partial charge in [-0.2, -0.15) is 0 Å². The largest absolute Gasteiger partial charge is 0.302 e. The van der Waals surface area contributed by atoms with Crippen molar-refractivity contribution in [1.82, 2.24) is 24.1 Å². The number of aryl methyl sites for hydroxylation is 1. The molecule has 156 valence electrons. The maximum Gasteiger partial charge on any atom is 0.258 e. The summed E-state index contributed by atoms with van der Waals surface area (Å²) in [6.45, 7) is 6.91. The molecule has 30 heavy (non-hydrogen) atoms. The maximum atomic E-state index is 12.4. The van der Waals surface area contributed by atoms with Gasteiger partial charge in [-0.15, -0.1) is 21.5 Å². The molecule has 0 N–H and O–H groups in total. The lowest BCUT2D eigenvalue weighted by Gasteiger charge is -2.13. The normalized spacial score (nSPS) is 11.7. The zero-order valence-corrected chi connectivity index (χ0v) is 19.7. The van der Waals surface area contributed by atoms with Crippen LogP contribution in [0.2, 0.25) is 10.0 Å². The molecule has 6 nitrogen and oxygen atoms in total. The first-order valence-electron chi connectivity index (χ1n) is 9.31. The van der Waals surface area contributed by atoms with Gasteiger partial charge in [0.05, 0.1) is 10.7 Å². The Morgan fingerprint density at radius 1 is 1.20 bits per heavy atom. The molecule has 3 heterocycles. The minimum Gasteiger partial charge on any atom is -0.302 e. The lowest BCUT2D eigenvalue weighted by atomic mass is 10.2. The summed E-state index contributed by atoms with van der Waals surface area (Å²) in [4.78, 5) is 17.7. The van der Waals surface area contributed by atoms with Crippen LogP contribution in [0.4, 0.5) is 0 Å². The van der Waals surface area contributed by atoms with E-state index in [2.05, 4.69) is 33.6 Å². The number of thioether (sulfide) groups is 1. The highest BCUT2D eigenvalue weighted by Crippen LogP contribution is 2.32. The number of rotatable bonds is 6. The summed E-state index contributed by atoms with van der Waals surface area (Å²) >= 11 is 15.4. The molecular weight excluding hydrogens is 461 g/mol. The molecule has 10 heteroatoms. The molecule has 0 atom stereocenters. The van der Waals surface area contributed by atoms with E-state index in [1.807, 2.05) is 18.4 Å². The molecule has 0 unspecified atom stereocenters. The van der Waals surface area contributed by atoms with E-state index < -0.39 is 0 Å². The maximum absolute atomic E-state index is 12.4. The molecule has 0 saturated carbocycles. The minimum atomic E-state index is -0.0633. The van der Waals surface area contributed by atoms with E-state index in [-0.39, 0.29) is 5.56 Å². The van der Waals surface area contributed by atoms with E-state index in [0.29, 0.717) is 32.5 Å². The summed E-state index contributed by atoms with van der Waals surface area (Å²) in [5.41, 5.74) is 2.34. The van der Waals surface area contributed by atoms with E-state index in [1.165, 1.54) is 23.1 Å². The molecule has 0 aliphatic carbocycles. The van der Waals surface area contributed by atoms with E-state index in [1.54, 1.807) is 22.6 Å². The van der Waals surface area contributed by atoms with E-state index in [4.69, 9.17) is 23.2 Å². The van der Waals surface area contributed by atoms with Crippen molar-refractivity contribution in [2.75, 3.05) is 0 Å². The number of thiazole rings is 1. The Labute approximate surface area is 191 Å². The summed E-state index contributed by atoms with van der Waals surface area (Å²) in [5.74, 6) is 1.61. The van der Waals surface area contributed by atoms with Gasteiger partial charge >= 0.3 is 0 Å². The molecule has 0 spiro atoms. The van der Waals surface area contributed by atoms with Crippen LogP contribution < -0.4 is 5.56 Å². The third-order valence-electron chi connectivity index (χ3n) is 4.41. The molecule has 3 aromatic heterocycles. The van der Waals surface area contributed by atoms with Gasteiger partial charge in [0.25, 0.3) is 5.56 Å². The Balaban J connectivity index is 1.66. The van der Waals surface area contributed by atoms with Crippen molar-refractivity contribution in [1.29, 1.82) is 0 Å². The number of aromatic nitrogens is 5. The smallest absolute Gasteiger partial charge is 0.258 e. The summed E-state index contributed by atoms with van der Waals surface area (Å²) in [7, 11) is 0. The van der Waals surface area contributed by atoms with Crippen LogP contribution in [0.3, 0.4) is 0 Å². The average Bonchev–Trinajstić information content (AvgIpc) is 3.24. The number of benzene rings is 1. The standard InChI is InChI=1S/C20H19Cl2N5OS2/c1-11(2)8-26-18(15-5-4-13(21)6-16(15)22)24-25-20(26)30-10-14-7-17(28)27-12(3)9-29-19(27)23-14/h4-7,9,11H,8,10H2,1-3H3. The van der Waals surface area contributed by atoms with Crippen LogP contribution in [0.1, 0.15) is 25.2 Å². The quantitative estimate of drug-likeness (QED) is 0.337. The Kier molecular flexibility index (Phi) is 6.20. The van der Waals surface area contributed by atoms with Crippen molar-refractivity contribution in [2.24, 2.45) is 5.92 Å². The molecule has 4 rings (SSSR count). The fraction of sp³-hybridized carbons (Fsp3) is 0.300. The highest BCUT2D eigenvalue weighted by atomic mass is 35.5. The average molecular weight is 480 g/mol. The molecule has 0 aliphatic heterocycles. The lowest BCUT2D eigenvalue weighted by molar-refractivity contribution is 0.498. The number of hydrogen-bond acceptors (Lipinski definition) is 6. The zero-order valence-electron chi connectivity index (χ0n) is 16.6. The molecule has 0 aliphatic rings. The van der Waals surface area contributed by atoms with Crippen LogP contribution in [0.15, 0.2) is 39.6 Å². The second-order valence-corrected chi connectivity index (χ2v) is 9.93. The van der Waals surface area contributed by atoms with Gasteiger partial charge in [-0.05, 0) is 31.0 Å². The van der Waals surface area contributed by atoms with Crippen LogP contribution in [-0.4, -0.2) is 24.1 Å². The third kappa shape index (κ3) is 4.27. The Morgan fingerprint density at radius 3 is 2.73 bits per heavy atom. The van der Waals surface area contributed by atoms with Crippen LogP contribution in [0, 0.1) is 12.8 Å². The van der Waals surface area contributed by atoms with Crippen molar-refractivity contribution in [3.63, 3.8) is 0 Å². The van der Waals surface area contributed by atoms with Crippen LogP contribution >= 0.6 is 46.3 Å². The number of hydrogen-bond donors (Lipinski definition) is 0. The summed E-state index contributed by atoms with van der Waals surface area (Å²) in [6, 6.07) is 6.93. The molecule has 0 amide bonds. The molecule has 0 fully saturated rings. The van der Waals surface area contributed by atoms with Gasteiger partial charge < -0.3 is 4.57 Å². The second-order valence-electron chi connectivity index (χ2n) is 7.30. The van der Waals surface area contributed by atoms with Crippen molar-refractivity contribution in [3.05, 3.63) is 61.4 Å². The van der Waals surface area contributed by atoms with E-state index in [0.717, 1.165) is 28.7 Å². The number of nitrogens with zero attached hydrogens (tertiary/aromatic N) is 5. The van der Waals surface area contributed by atoms with Gasteiger partial charge in [-0.25, -0.2) is 4.98 Å². The predicted octanol–water partition coefficient (Wildman–Crippen LogP) is 5.58. The minimum absolute atomic E-state index is 0.0633. The Bertz CT molecular complexity index is 1280. The van der Waals surface area contributed by atoms with Gasteiger partial charge in [0.2, 0.25) is 0 Å². The fourth-order valence-electron chi connectivity index (χ4n) is 3.11. The van der Waals surface area contributed by atoms with Crippen LogP contribution in [0.5, 0.6) is 0 Å². The van der Waals surface area contributed by atoms with Crippen molar-refractivity contribution in [3.8, 4) is 11.4 Å². The topological polar surface area (TPSA) is 65.1 Å². The predicted molar refractivity (Wildman–Crippen MR) is 124 cm³/mol. The first-order chi connectivity index (χ1) is 14.3. The van der Waals surface area contributed by atoms with Gasteiger partial charge in [0.15, 0.2) is 15.9 Å². The number of fused-ring (bicyclic) bond motifs is 1. The summed E-state index contributed by atoms with van der Waals surface area (Å²) < 4.78 is 3.69. The molecule has 0 radical (unpaired) electrons. The third-order valence-corrected chi connectivity index (χ3v) is 6.91. The lowest BCUT2D eigenvalue weighted by Crippen LogP contribution is -2.14. The summed E-state index contributed by atoms with van der Waals surface area (Å²) in [6.07, 6.45) is 0. The Hall–Kier alpha value is -1.87. The van der Waals surface area contributed by atoms with Gasteiger partial charge in [-0.1, -0.05) is 48.8 Å². The molecule has 4 aromatic rings. The monoisotopic (exact) mass is 479 g/mol. The molecule has 0 bridgehead atoms.